The Morgan fingerprint density at radius 1 is 0.882 bits per heavy atom. The molecule has 1 aliphatic heterocycles. The molecule has 0 spiro atoms. The van der Waals surface area contributed by atoms with E-state index in [2.05, 4.69) is 35.2 Å². The summed E-state index contributed by atoms with van der Waals surface area (Å²) in [6.45, 7) is 1.02. The highest BCUT2D eigenvalue weighted by Gasteiger charge is 2.20. The van der Waals surface area contributed by atoms with Crippen LogP contribution in [0.5, 0.6) is 0 Å². The number of benzene rings is 2. The van der Waals surface area contributed by atoms with Crippen molar-refractivity contribution in [2.75, 3.05) is 17.2 Å². The largest absolute Gasteiger partial charge is 0.397 e. The molecule has 0 radical (unpaired) electrons. The monoisotopic (exact) mass is 246 g/mol. The lowest BCUT2D eigenvalue weighted by molar-refractivity contribution is 1.000. The van der Waals surface area contributed by atoms with Crippen molar-refractivity contribution in [3.8, 4) is 0 Å². The molecule has 2 aromatic rings. The second-order valence-corrected chi connectivity index (χ2v) is 4.09. The molecular weight excluding hydrogens is 232 g/mol. The van der Waals surface area contributed by atoms with Crippen LogP contribution in [0.3, 0.4) is 0 Å². The minimum Gasteiger partial charge on any atom is -0.397 e. The predicted molar refractivity (Wildman–Crippen MR) is 75.3 cm³/mol. The molecule has 0 aromatic heterocycles. The topological polar surface area (TPSA) is 29.3 Å². The Morgan fingerprint density at radius 3 is 2.29 bits per heavy atom. The number of nitrogen functional groups attached to an aromatic ring is 1. The second-order valence-electron chi connectivity index (χ2n) is 4.09. The molecule has 2 aromatic carbocycles. The average Bonchev–Trinajstić information content (AvgIpc) is 2.74. The number of nitrogens with zero attached hydrogens (tertiary/aromatic N) is 1. The summed E-state index contributed by atoms with van der Waals surface area (Å²) in [7, 11) is 0. The summed E-state index contributed by atoms with van der Waals surface area (Å²) in [5.41, 5.74) is 10.7. The van der Waals surface area contributed by atoms with E-state index in [1.165, 1.54) is 11.3 Å². The summed E-state index contributed by atoms with van der Waals surface area (Å²) in [5, 5.41) is 0. The average molecular weight is 247 g/mol. The van der Waals surface area contributed by atoms with Gasteiger partial charge < -0.3 is 10.6 Å². The first kappa shape index (κ1) is 11.8. The third-order valence-corrected chi connectivity index (χ3v) is 3.11. The minimum absolute atomic E-state index is 0. The van der Waals surface area contributed by atoms with Crippen molar-refractivity contribution in [1.29, 1.82) is 0 Å². The van der Waals surface area contributed by atoms with Gasteiger partial charge in [-0.1, -0.05) is 30.3 Å². The van der Waals surface area contributed by atoms with Crippen LogP contribution in [0, 0.1) is 0 Å². The number of hydrogen-bond acceptors (Lipinski definition) is 2. The van der Waals surface area contributed by atoms with Gasteiger partial charge in [0, 0.05) is 12.2 Å². The van der Waals surface area contributed by atoms with E-state index in [-0.39, 0.29) is 12.4 Å². The minimum atomic E-state index is 0. The normalized spacial score (nSPS) is 13.1. The Kier molecular flexibility index (Phi) is 3.25. The van der Waals surface area contributed by atoms with Gasteiger partial charge in [0.2, 0.25) is 0 Å². The fourth-order valence-electron chi connectivity index (χ4n) is 2.32. The van der Waals surface area contributed by atoms with E-state index in [4.69, 9.17) is 5.73 Å². The number of rotatable bonds is 1. The van der Waals surface area contributed by atoms with Crippen LogP contribution in [-0.4, -0.2) is 6.54 Å². The van der Waals surface area contributed by atoms with E-state index >= 15 is 0 Å². The third-order valence-electron chi connectivity index (χ3n) is 3.11. The number of halogens is 1. The zero-order valence-electron chi connectivity index (χ0n) is 9.47. The van der Waals surface area contributed by atoms with Gasteiger partial charge in [-0.2, -0.15) is 0 Å². The molecule has 1 heterocycles. The van der Waals surface area contributed by atoms with Gasteiger partial charge in [-0.25, -0.2) is 0 Å². The van der Waals surface area contributed by atoms with Gasteiger partial charge in [-0.05, 0) is 30.2 Å². The van der Waals surface area contributed by atoms with E-state index in [1.807, 2.05) is 18.2 Å². The maximum atomic E-state index is 6.02. The predicted octanol–water partition coefficient (Wildman–Crippen LogP) is 3.38. The zero-order chi connectivity index (χ0) is 11.0. The van der Waals surface area contributed by atoms with Crippen molar-refractivity contribution in [1.82, 2.24) is 0 Å². The smallest absolute Gasteiger partial charge is 0.0644 e. The Morgan fingerprint density at radius 2 is 1.53 bits per heavy atom. The van der Waals surface area contributed by atoms with Gasteiger partial charge in [-0.15, -0.1) is 12.4 Å². The fraction of sp³-hybridized carbons (Fsp3) is 0.143. The standard InChI is InChI=1S/C14H14N2.ClH/c15-12-6-2-4-8-14(12)16-10-9-11-5-1-3-7-13(11)16;/h1-8H,9-10,15H2;1H. The van der Waals surface area contributed by atoms with Crippen molar-refractivity contribution >= 4 is 29.5 Å². The van der Waals surface area contributed by atoms with E-state index in [1.54, 1.807) is 0 Å². The highest BCUT2D eigenvalue weighted by Crippen LogP contribution is 2.36. The summed E-state index contributed by atoms with van der Waals surface area (Å²) < 4.78 is 0. The maximum Gasteiger partial charge on any atom is 0.0644 e. The lowest BCUT2D eigenvalue weighted by Crippen LogP contribution is -2.14. The molecule has 3 rings (SSSR count). The van der Waals surface area contributed by atoms with E-state index in [9.17, 15) is 0 Å². The van der Waals surface area contributed by atoms with Gasteiger partial charge in [0.25, 0.3) is 0 Å². The number of anilines is 3. The highest BCUT2D eigenvalue weighted by molar-refractivity contribution is 5.85. The lowest BCUT2D eigenvalue weighted by Gasteiger charge is -2.21. The summed E-state index contributed by atoms with van der Waals surface area (Å²) in [4.78, 5) is 2.30. The summed E-state index contributed by atoms with van der Waals surface area (Å²) in [5.74, 6) is 0. The summed E-state index contributed by atoms with van der Waals surface area (Å²) >= 11 is 0. The first-order valence-electron chi connectivity index (χ1n) is 5.56. The van der Waals surface area contributed by atoms with Gasteiger partial charge in [0.15, 0.2) is 0 Å². The van der Waals surface area contributed by atoms with Gasteiger partial charge in [0.1, 0.15) is 0 Å². The molecule has 0 aliphatic carbocycles. The molecule has 0 atom stereocenters. The number of hydrogen-bond donors (Lipinski definition) is 1. The molecule has 0 bridgehead atoms. The van der Waals surface area contributed by atoms with Crippen LogP contribution < -0.4 is 10.6 Å². The quantitative estimate of drug-likeness (QED) is 0.782. The Bertz CT molecular complexity index is 525. The molecule has 88 valence electrons. The first-order chi connectivity index (χ1) is 7.86. The van der Waals surface area contributed by atoms with Crippen LogP contribution in [0.2, 0.25) is 0 Å². The van der Waals surface area contributed by atoms with E-state index in [0.29, 0.717) is 0 Å². The van der Waals surface area contributed by atoms with Crippen LogP contribution >= 0.6 is 12.4 Å². The Labute approximate surface area is 107 Å². The first-order valence-corrected chi connectivity index (χ1v) is 5.56. The number of fused-ring (bicyclic) bond motifs is 1. The van der Waals surface area contributed by atoms with E-state index < -0.39 is 0 Å². The lowest BCUT2D eigenvalue weighted by atomic mass is 10.2. The molecule has 0 fully saturated rings. The molecule has 0 saturated carbocycles. The fourth-order valence-corrected chi connectivity index (χ4v) is 2.32. The van der Waals surface area contributed by atoms with Gasteiger partial charge >= 0.3 is 0 Å². The molecule has 2 N–H and O–H groups in total. The molecule has 0 amide bonds. The van der Waals surface area contributed by atoms with Crippen LogP contribution in [0.25, 0.3) is 0 Å². The van der Waals surface area contributed by atoms with Crippen molar-refractivity contribution in [3.05, 3.63) is 54.1 Å². The van der Waals surface area contributed by atoms with Crippen LogP contribution in [0.15, 0.2) is 48.5 Å². The Balaban J connectivity index is 0.00000108. The number of para-hydroxylation sites is 3. The summed E-state index contributed by atoms with van der Waals surface area (Å²) in [6.07, 6.45) is 1.10. The van der Waals surface area contributed by atoms with Crippen molar-refractivity contribution < 1.29 is 0 Å². The highest BCUT2D eigenvalue weighted by atomic mass is 35.5. The zero-order valence-corrected chi connectivity index (χ0v) is 10.3. The molecule has 0 saturated heterocycles. The maximum absolute atomic E-state index is 6.02. The molecule has 2 nitrogen and oxygen atoms in total. The van der Waals surface area contributed by atoms with E-state index in [0.717, 1.165) is 24.3 Å². The summed E-state index contributed by atoms with van der Waals surface area (Å²) in [6, 6.07) is 16.6. The molecule has 0 unspecified atom stereocenters. The molecule has 17 heavy (non-hydrogen) atoms. The third kappa shape index (κ3) is 1.96. The van der Waals surface area contributed by atoms with Crippen molar-refractivity contribution in [3.63, 3.8) is 0 Å². The van der Waals surface area contributed by atoms with Crippen LogP contribution in [0.4, 0.5) is 17.1 Å². The van der Waals surface area contributed by atoms with Crippen molar-refractivity contribution in [2.24, 2.45) is 0 Å². The molecular formula is C14H15ClN2. The van der Waals surface area contributed by atoms with Gasteiger partial charge in [-0.3, -0.25) is 0 Å². The molecule has 1 aliphatic rings. The SMILES string of the molecule is Cl.Nc1ccccc1N1CCc2ccccc21. The van der Waals surface area contributed by atoms with Crippen LogP contribution in [0.1, 0.15) is 5.56 Å². The van der Waals surface area contributed by atoms with Gasteiger partial charge in [0.05, 0.1) is 11.4 Å². The number of nitrogens with two attached hydrogens (primary N) is 1. The molecule has 3 heteroatoms. The second kappa shape index (κ2) is 4.68. The Hall–Kier alpha value is -1.67. The van der Waals surface area contributed by atoms with Crippen LogP contribution in [-0.2, 0) is 6.42 Å². The van der Waals surface area contributed by atoms with Crippen molar-refractivity contribution in [2.45, 2.75) is 6.42 Å².